The fourth-order valence-corrected chi connectivity index (χ4v) is 3.67. The van der Waals surface area contributed by atoms with Gasteiger partial charge in [-0.05, 0) is 60.0 Å². The van der Waals surface area contributed by atoms with Gasteiger partial charge in [0.05, 0.1) is 5.56 Å². The van der Waals surface area contributed by atoms with Crippen molar-refractivity contribution in [2.24, 2.45) is 10.7 Å². The minimum absolute atomic E-state index is 0.353. The van der Waals surface area contributed by atoms with Crippen molar-refractivity contribution < 1.29 is 9.18 Å². The van der Waals surface area contributed by atoms with E-state index in [4.69, 9.17) is 5.73 Å². The second-order valence-electron chi connectivity index (χ2n) is 5.89. The normalized spacial score (nSPS) is 12.9. The first-order chi connectivity index (χ1) is 13.1. The van der Waals surface area contributed by atoms with E-state index in [-0.39, 0.29) is 5.82 Å². The number of benzene rings is 2. The molecule has 0 saturated carbocycles. The molecule has 0 spiro atoms. The van der Waals surface area contributed by atoms with Crippen molar-refractivity contribution in [1.82, 2.24) is 0 Å². The average molecular weight is 381 g/mol. The van der Waals surface area contributed by atoms with Crippen molar-refractivity contribution in [2.75, 3.05) is 22.2 Å². The average Bonchev–Trinajstić information content (AvgIpc) is 3.16. The van der Waals surface area contributed by atoms with E-state index in [1.54, 1.807) is 11.3 Å². The van der Waals surface area contributed by atoms with Crippen molar-refractivity contribution in [2.45, 2.75) is 0 Å². The van der Waals surface area contributed by atoms with Crippen molar-refractivity contribution in [1.29, 1.82) is 0 Å². The summed E-state index contributed by atoms with van der Waals surface area (Å²) < 4.78 is 12.9. The molecule has 3 aromatic rings. The number of amidine groups is 1. The lowest BCUT2D eigenvalue weighted by atomic mass is 10.2. The highest BCUT2D eigenvalue weighted by atomic mass is 32.1. The van der Waals surface area contributed by atoms with Crippen LogP contribution in [0.15, 0.2) is 65.0 Å². The first kappa shape index (κ1) is 17.0. The number of carbonyl (C=O) groups is 1. The van der Waals surface area contributed by atoms with Crippen molar-refractivity contribution >= 4 is 45.3 Å². The fraction of sp³-hybridized carbons (Fsp3) is 0.0526. The maximum atomic E-state index is 12.9. The second-order valence-corrected chi connectivity index (χ2v) is 6.78. The minimum atomic E-state index is -0.398. The zero-order valence-electron chi connectivity index (χ0n) is 14.1. The standard InChI is InChI=1S/C19H16FN5OS/c20-12-1-3-13(4-2-12)23-19(26)24-14-5-7-15(8-6-14)25-11-22-17(21)16-9-10-27-18(16)25/h1-10H,11H2,(H2,21,22)(H2,23,24,26). The van der Waals surface area contributed by atoms with Crippen molar-refractivity contribution in [3.63, 3.8) is 0 Å². The van der Waals surface area contributed by atoms with Crippen LogP contribution in [0.5, 0.6) is 0 Å². The molecule has 6 nitrogen and oxygen atoms in total. The molecular formula is C19H16FN5OS. The van der Waals surface area contributed by atoms with Gasteiger partial charge in [-0.15, -0.1) is 11.3 Å². The fourth-order valence-electron chi connectivity index (χ4n) is 2.75. The van der Waals surface area contributed by atoms with Crippen LogP contribution in [0.25, 0.3) is 0 Å². The van der Waals surface area contributed by atoms with Crippen LogP contribution in [0.4, 0.5) is 31.2 Å². The van der Waals surface area contributed by atoms with Crippen molar-refractivity contribution in [3.8, 4) is 0 Å². The number of anilines is 4. The van der Waals surface area contributed by atoms with Crippen LogP contribution in [-0.4, -0.2) is 18.5 Å². The largest absolute Gasteiger partial charge is 0.383 e. The molecule has 0 unspecified atom stereocenters. The maximum absolute atomic E-state index is 12.9. The Hall–Kier alpha value is -3.39. The summed E-state index contributed by atoms with van der Waals surface area (Å²) in [5, 5.41) is 8.44. The molecule has 1 aliphatic heterocycles. The molecule has 4 N–H and O–H groups in total. The Kier molecular flexibility index (Phi) is 4.47. The van der Waals surface area contributed by atoms with Crippen LogP contribution in [-0.2, 0) is 0 Å². The van der Waals surface area contributed by atoms with E-state index in [0.29, 0.717) is 23.9 Å². The number of thiophene rings is 1. The Morgan fingerprint density at radius 1 is 1.04 bits per heavy atom. The number of nitrogens with two attached hydrogens (primary N) is 1. The summed E-state index contributed by atoms with van der Waals surface area (Å²) in [6.07, 6.45) is 0. The Morgan fingerprint density at radius 3 is 2.33 bits per heavy atom. The highest BCUT2D eigenvalue weighted by molar-refractivity contribution is 7.14. The molecule has 1 aliphatic rings. The number of halogens is 1. The predicted molar refractivity (Wildman–Crippen MR) is 108 cm³/mol. The number of nitrogens with zero attached hydrogens (tertiary/aromatic N) is 2. The Morgan fingerprint density at radius 2 is 1.67 bits per heavy atom. The van der Waals surface area contributed by atoms with Crippen LogP contribution in [0.3, 0.4) is 0 Å². The third-order valence-corrected chi connectivity index (χ3v) is 5.02. The summed E-state index contributed by atoms with van der Waals surface area (Å²) in [5.41, 5.74) is 8.99. The third kappa shape index (κ3) is 3.61. The number of urea groups is 1. The van der Waals surface area contributed by atoms with E-state index in [1.807, 2.05) is 35.7 Å². The van der Waals surface area contributed by atoms with Crippen LogP contribution in [0.2, 0.25) is 0 Å². The lowest BCUT2D eigenvalue weighted by Gasteiger charge is -2.26. The van der Waals surface area contributed by atoms with E-state index in [9.17, 15) is 9.18 Å². The lowest BCUT2D eigenvalue weighted by Crippen LogP contribution is -2.27. The molecule has 0 radical (unpaired) electrons. The minimum Gasteiger partial charge on any atom is -0.383 e. The van der Waals surface area contributed by atoms with Gasteiger partial charge in [-0.2, -0.15) is 0 Å². The van der Waals surface area contributed by atoms with Gasteiger partial charge in [0, 0.05) is 17.1 Å². The summed E-state index contributed by atoms with van der Waals surface area (Å²) in [6, 6.07) is 14.6. The van der Waals surface area contributed by atoms with E-state index in [0.717, 1.165) is 16.3 Å². The van der Waals surface area contributed by atoms with Gasteiger partial charge in [-0.3, -0.25) is 0 Å². The molecule has 0 fully saturated rings. The number of aliphatic imine (C=N–C) groups is 1. The summed E-state index contributed by atoms with van der Waals surface area (Å²) in [4.78, 5) is 18.5. The number of hydrogen-bond donors (Lipinski definition) is 3. The maximum Gasteiger partial charge on any atom is 0.323 e. The van der Waals surface area contributed by atoms with Gasteiger partial charge in [0.2, 0.25) is 0 Å². The quantitative estimate of drug-likeness (QED) is 0.631. The molecule has 0 aliphatic carbocycles. The summed E-state index contributed by atoms with van der Waals surface area (Å²) >= 11 is 1.61. The molecule has 27 heavy (non-hydrogen) atoms. The Labute approximate surface area is 159 Å². The lowest BCUT2D eigenvalue weighted by molar-refractivity contribution is 0.262. The molecule has 136 valence electrons. The molecule has 2 amide bonds. The van der Waals surface area contributed by atoms with Gasteiger partial charge in [0.1, 0.15) is 23.3 Å². The number of amides is 2. The first-order valence-corrected chi connectivity index (χ1v) is 9.07. The smallest absolute Gasteiger partial charge is 0.323 e. The van der Waals surface area contributed by atoms with E-state index in [2.05, 4.69) is 20.5 Å². The third-order valence-electron chi connectivity index (χ3n) is 4.09. The van der Waals surface area contributed by atoms with Crippen LogP contribution in [0.1, 0.15) is 5.56 Å². The van der Waals surface area contributed by atoms with Crippen LogP contribution >= 0.6 is 11.3 Å². The SMILES string of the molecule is NC1=NCN(c2ccc(NC(=O)Nc3ccc(F)cc3)cc2)c2sccc21. The summed E-state index contributed by atoms with van der Waals surface area (Å²) in [5.74, 6) is 0.201. The van der Waals surface area contributed by atoms with Gasteiger partial charge in [0.15, 0.2) is 0 Å². The molecular weight excluding hydrogens is 365 g/mol. The molecule has 0 atom stereocenters. The molecule has 2 aromatic carbocycles. The number of nitrogens with one attached hydrogen (secondary N) is 2. The number of fused-ring (bicyclic) bond motifs is 1. The molecule has 0 saturated heterocycles. The van der Waals surface area contributed by atoms with Gasteiger partial charge < -0.3 is 21.3 Å². The van der Waals surface area contributed by atoms with Crippen LogP contribution < -0.4 is 21.3 Å². The van der Waals surface area contributed by atoms with E-state index in [1.165, 1.54) is 24.3 Å². The molecule has 4 rings (SSSR count). The zero-order chi connectivity index (χ0) is 18.8. The van der Waals surface area contributed by atoms with Crippen molar-refractivity contribution in [3.05, 3.63) is 71.4 Å². The van der Waals surface area contributed by atoms with Gasteiger partial charge >= 0.3 is 6.03 Å². The van der Waals surface area contributed by atoms with E-state index < -0.39 is 6.03 Å². The highest BCUT2D eigenvalue weighted by Crippen LogP contribution is 2.36. The highest BCUT2D eigenvalue weighted by Gasteiger charge is 2.21. The first-order valence-electron chi connectivity index (χ1n) is 8.19. The van der Waals surface area contributed by atoms with E-state index >= 15 is 0 Å². The number of hydrogen-bond acceptors (Lipinski definition) is 5. The summed E-state index contributed by atoms with van der Waals surface area (Å²) in [6.45, 7) is 0.456. The molecule has 2 heterocycles. The molecule has 0 bridgehead atoms. The topological polar surface area (TPSA) is 82.8 Å². The number of carbonyl (C=O) groups excluding carboxylic acids is 1. The Balaban J connectivity index is 1.44. The van der Waals surface area contributed by atoms with Gasteiger partial charge in [-0.25, -0.2) is 14.2 Å². The van der Waals surface area contributed by atoms with Gasteiger partial charge in [-0.1, -0.05) is 0 Å². The van der Waals surface area contributed by atoms with Gasteiger partial charge in [0.25, 0.3) is 0 Å². The monoisotopic (exact) mass is 381 g/mol. The summed E-state index contributed by atoms with van der Waals surface area (Å²) in [7, 11) is 0. The zero-order valence-corrected chi connectivity index (χ0v) is 15.0. The molecule has 8 heteroatoms. The molecule has 1 aromatic heterocycles. The van der Waals surface area contributed by atoms with Crippen LogP contribution in [0, 0.1) is 5.82 Å². The predicted octanol–water partition coefficient (Wildman–Crippen LogP) is 4.35. The number of rotatable bonds is 3. The Bertz CT molecular complexity index is 998. The second kappa shape index (κ2) is 7.08.